The highest BCUT2D eigenvalue weighted by Crippen LogP contribution is 2.38. The van der Waals surface area contributed by atoms with Crippen molar-refractivity contribution in [1.29, 1.82) is 0 Å². The number of ether oxygens (including phenoxy) is 2. The number of rotatable bonds is 17. The minimum atomic E-state index is -0.506. The van der Waals surface area contributed by atoms with Gasteiger partial charge in [-0.1, -0.05) is 152 Å². The first-order chi connectivity index (χ1) is 22.7. The van der Waals surface area contributed by atoms with Crippen LogP contribution >= 0.6 is 0 Å². The number of hydrogen-bond acceptors (Lipinski definition) is 4. The van der Waals surface area contributed by atoms with E-state index in [1.54, 1.807) is 0 Å². The van der Waals surface area contributed by atoms with E-state index in [1.807, 2.05) is 0 Å². The monoisotopic (exact) mass is 629 g/mol. The Morgan fingerprint density at radius 2 is 1.15 bits per heavy atom. The Hall–Kier alpha value is -2.33. The molecule has 2 aliphatic carbocycles. The highest BCUT2D eigenvalue weighted by molar-refractivity contribution is 5.60. The summed E-state index contributed by atoms with van der Waals surface area (Å²) < 4.78 is 11.3. The molecule has 2 aromatic carbocycles. The van der Waals surface area contributed by atoms with E-state index in [0.717, 1.165) is 19.3 Å². The number of benzene rings is 2. The largest absolute Gasteiger partial charge is 0.508 e. The third-order valence-electron chi connectivity index (χ3n) is 11.3. The van der Waals surface area contributed by atoms with E-state index in [-0.39, 0.29) is 18.1 Å². The first-order valence-corrected chi connectivity index (χ1v) is 19.5. The summed E-state index contributed by atoms with van der Waals surface area (Å²) in [5, 5.41) is 3.74. The normalized spacial score (nSPS) is 21.1. The Morgan fingerprint density at radius 1 is 0.674 bits per heavy atom. The second kappa shape index (κ2) is 19.5. The van der Waals surface area contributed by atoms with Crippen molar-refractivity contribution >= 4 is 6.16 Å². The molecule has 4 heteroatoms. The maximum Gasteiger partial charge on any atom is 0.508 e. The molecule has 0 bridgehead atoms. The van der Waals surface area contributed by atoms with Crippen molar-refractivity contribution in [1.82, 2.24) is 5.32 Å². The number of unbranched alkanes of at least 4 members (excludes halogenated alkanes) is 9. The zero-order chi connectivity index (χ0) is 31.8. The van der Waals surface area contributed by atoms with Crippen LogP contribution in [-0.4, -0.2) is 31.5 Å². The van der Waals surface area contributed by atoms with E-state index in [1.165, 1.54) is 138 Å². The van der Waals surface area contributed by atoms with Gasteiger partial charge < -0.3 is 14.8 Å². The van der Waals surface area contributed by atoms with Gasteiger partial charge in [0.1, 0.15) is 6.10 Å². The summed E-state index contributed by atoms with van der Waals surface area (Å²) in [6.45, 7) is 3.40. The summed E-state index contributed by atoms with van der Waals surface area (Å²) in [6.07, 6.45) is 26.3. The van der Waals surface area contributed by atoms with Gasteiger partial charge in [0.2, 0.25) is 0 Å². The van der Waals surface area contributed by atoms with Gasteiger partial charge in [-0.05, 0) is 66.2 Å². The van der Waals surface area contributed by atoms with Crippen LogP contribution in [0.3, 0.4) is 0 Å². The van der Waals surface area contributed by atoms with Gasteiger partial charge in [0.25, 0.3) is 0 Å². The van der Waals surface area contributed by atoms with Gasteiger partial charge in [-0.15, -0.1) is 0 Å². The van der Waals surface area contributed by atoms with E-state index < -0.39 is 6.16 Å². The lowest BCUT2D eigenvalue weighted by Crippen LogP contribution is -2.29. The van der Waals surface area contributed by atoms with Crippen molar-refractivity contribution in [3.63, 3.8) is 0 Å². The van der Waals surface area contributed by atoms with Crippen molar-refractivity contribution < 1.29 is 14.3 Å². The first kappa shape index (κ1) is 35.0. The molecule has 0 unspecified atom stereocenters. The summed E-state index contributed by atoms with van der Waals surface area (Å²) in [5.41, 5.74) is 5.71. The summed E-state index contributed by atoms with van der Waals surface area (Å²) in [7, 11) is 0. The molecule has 0 radical (unpaired) electrons. The van der Waals surface area contributed by atoms with Crippen LogP contribution in [0.1, 0.15) is 182 Å². The Morgan fingerprint density at radius 3 is 1.65 bits per heavy atom. The second-order valence-electron chi connectivity index (χ2n) is 14.8. The van der Waals surface area contributed by atoms with Crippen molar-refractivity contribution in [3.05, 3.63) is 70.8 Å². The van der Waals surface area contributed by atoms with Gasteiger partial charge in [-0.25, -0.2) is 4.79 Å². The molecule has 3 fully saturated rings. The van der Waals surface area contributed by atoms with Crippen LogP contribution in [0, 0.1) is 0 Å². The molecule has 5 rings (SSSR count). The predicted molar refractivity (Wildman–Crippen MR) is 191 cm³/mol. The van der Waals surface area contributed by atoms with Crippen molar-refractivity contribution in [3.8, 4) is 0 Å². The minimum Gasteiger partial charge on any atom is -0.434 e. The van der Waals surface area contributed by atoms with Crippen LogP contribution in [-0.2, 0) is 9.47 Å². The van der Waals surface area contributed by atoms with Crippen molar-refractivity contribution in [2.45, 2.75) is 172 Å². The van der Waals surface area contributed by atoms with Crippen molar-refractivity contribution in [2.24, 2.45) is 0 Å². The fourth-order valence-electron chi connectivity index (χ4n) is 8.47. The van der Waals surface area contributed by atoms with Gasteiger partial charge in [-0.2, -0.15) is 0 Å². The third-order valence-corrected chi connectivity index (χ3v) is 11.3. The summed E-state index contributed by atoms with van der Waals surface area (Å²) in [5.74, 6) is 1.64. The van der Waals surface area contributed by atoms with Crippen LogP contribution in [0.5, 0.6) is 0 Å². The molecule has 2 saturated carbocycles. The first-order valence-electron chi connectivity index (χ1n) is 19.5. The molecule has 4 nitrogen and oxygen atoms in total. The Balaban J connectivity index is 1.12. The Labute approximate surface area is 280 Å². The molecule has 0 amide bonds. The number of carbonyl (C=O) groups is 1. The smallest absolute Gasteiger partial charge is 0.434 e. The molecule has 0 aromatic heterocycles. The van der Waals surface area contributed by atoms with Crippen LogP contribution < -0.4 is 5.32 Å². The lowest BCUT2D eigenvalue weighted by molar-refractivity contribution is 0.0279. The molecule has 46 heavy (non-hydrogen) atoms. The molecule has 2 atom stereocenters. The fourth-order valence-corrected chi connectivity index (χ4v) is 8.47. The second-order valence-corrected chi connectivity index (χ2v) is 14.8. The molecule has 0 spiro atoms. The fraction of sp³-hybridized carbons (Fsp3) is 0.690. The SMILES string of the molecule is CCCCCCCCCCCCOC(=O)O[C@H]1CN[C@@H](C(c2ccc(C3CCCCC3)cc2)c2ccc(C3CCCCC3)cc2)C1. The number of hydrogen-bond donors (Lipinski definition) is 1. The van der Waals surface area contributed by atoms with Gasteiger partial charge in [0.05, 0.1) is 6.61 Å². The predicted octanol–water partition coefficient (Wildman–Crippen LogP) is 11.7. The van der Waals surface area contributed by atoms with E-state index in [9.17, 15) is 4.79 Å². The third kappa shape index (κ3) is 10.9. The highest BCUT2D eigenvalue weighted by atomic mass is 16.7. The minimum absolute atomic E-state index is 0.157. The zero-order valence-corrected chi connectivity index (χ0v) is 29.0. The Bertz CT molecular complexity index is 1060. The van der Waals surface area contributed by atoms with Crippen LogP contribution in [0.4, 0.5) is 4.79 Å². The lowest BCUT2D eigenvalue weighted by atomic mass is 9.79. The number of nitrogens with one attached hydrogen (secondary N) is 1. The van der Waals surface area contributed by atoms with E-state index in [0.29, 0.717) is 25.0 Å². The van der Waals surface area contributed by atoms with Gasteiger partial charge in [0, 0.05) is 24.9 Å². The average molecular weight is 630 g/mol. The lowest BCUT2D eigenvalue weighted by Gasteiger charge is -2.27. The van der Waals surface area contributed by atoms with Crippen LogP contribution in [0.25, 0.3) is 0 Å². The maximum absolute atomic E-state index is 12.6. The molecular formula is C42H63NO3. The molecule has 2 aromatic rings. The molecular weight excluding hydrogens is 566 g/mol. The summed E-state index contributed by atoms with van der Waals surface area (Å²) in [4.78, 5) is 12.6. The summed E-state index contributed by atoms with van der Waals surface area (Å²) in [6, 6.07) is 19.3. The topological polar surface area (TPSA) is 47.6 Å². The standard InChI is InChI=1S/C42H63NO3/c1-2-3-4-5-6-7-8-9-10-17-30-45-42(44)46-39-31-40(43-32-39)41(37-26-22-35(23-27-37)33-18-13-11-14-19-33)38-28-24-36(25-29-38)34-20-15-12-16-21-34/h22-29,33-34,39-41,43H,2-21,30-32H2,1H3/t39-,40-/m1/s1. The van der Waals surface area contributed by atoms with Crippen LogP contribution in [0.2, 0.25) is 0 Å². The van der Waals surface area contributed by atoms with E-state index in [4.69, 9.17) is 9.47 Å². The molecule has 254 valence electrons. The van der Waals surface area contributed by atoms with E-state index >= 15 is 0 Å². The summed E-state index contributed by atoms with van der Waals surface area (Å²) >= 11 is 0. The van der Waals surface area contributed by atoms with Gasteiger partial charge in [0.15, 0.2) is 0 Å². The molecule has 1 aliphatic heterocycles. The highest BCUT2D eigenvalue weighted by Gasteiger charge is 2.35. The van der Waals surface area contributed by atoms with E-state index in [2.05, 4.69) is 60.8 Å². The Kier molecular flexibility index (Phi) is 14.8. The number of carbonyl (C=O) groups excluding carboxylic acids is 1. The van der Waals surface area contributed by atoms with Gasteiger partial charge in [-0.3, -0.25) is 0 Å². The zero-order valence-electron chi connectivity index (χ0n) is 29.0. The quantitative estimate of drug-likeness (QED) is 0.140. The molecule has 3 aliphatic rings. The molecule has 1 N–H and O–H groups in total. The maximum atomic E-state index is 12.6. The van der Waals surface area contributed by atoms with Gasteiger partial charge >= 0.3 is 6.16 Å². The van der Waals surface area contributed by atoms with Crippen LogP contribution in [0.15, 0.2) is 48.5 Å². The average Bonchev–Trinajstić information content (AvgIpc) is 3.56. The van der Waals surface area contributed by atoms with Crippen molar-refractivity contribution in [2.75, 3.05) is 13.2 Å². The molecule has 1 saturated heterocycles. The molecule has 1 heterocycles.